The lowest BCUT2D eigenvalue weighted by Crippen LogP contribution is -2.59. The number of halogens is 5. The molecule has 6 atom stereocenters. The molecule has 3 aliphatic rings. The van der Waals surface area contributed by atoms with E-state index in [0.29, 0.717) is 25.2 Å². The highest BCUT2D eigenvalue weighted by Gasteiger charge is 2.54. The zero-order chi connectivity index (χ0) is 31.1. The monoisotopic (exact) mass is 636 g/mol. The van der Waals surface area contributed by atoms with Crippen LogP contribution in [-0.2, 0) is 9.53 Å². The van der Waals surface area contributed by atoms with Gasteiger partial charge < -0.3 is 30.1 Å². The van der Waals surface area contributed by atoms with Crippen molar-refractivity contribution in [2.75, 3.05) is 19.7 Å². The summed E-state index contributed by atoms with van der Waals surface area (Å²) in [6, 6.07) is 0.0319. The van der Waals surface area contributed by atoms with E-state index in [2.05, 4.69) is 10.3 Å². The lowest BCUT2D eigenvalue weighted by Gasteiger charge is -2.46. The van der Waals surface area contributed by atoms with E-state index in [4.69, 9.17) is 4.74 Å². The molecule has 1 aromatic carbocycles. The van der Waals surface area contributed by atoms with E-state index in [9.17, 15) is 47.2 Å². The smallest absolute Gasteiger partial charge is 0.248 e. The summed E-state index contributed by atoms with van der Waals surface area (Å²) in [5.41, 5.74) is -3.50. The van der Waals surface area contributed by atoms with E-state index in [1.54, 1.807) is 4.90 Å². The zero-order valence-corrected chi connectivity index (χ0v) is 23.8. The van der Waals surface area contributed by atoms with Crippen molar-refractivity contribution in [3.8, 4) is 11.3 Å². The molecule has 10 nitrogen and oxygen atoms in total. The van der Waals surface area contributed by atoms with Crippen LogP contribution in [0.25, 0.3) is 11.3 Å². The number of carbonyl (C=O) groups is 1. The number of alkyl halides is 2. The number of ether oxygens (including phenoxy) is 1. The molecule has 0 bridgehead atoms. The fourth-order valence-electron chi connectivity index (χ4n) is 5.89. The van der Waals surface area contributed by atoms with E-state index in [1.165, 1.54) is 0 Å². The van der Waals surface area contributed by atoms with Gasteiger partial charge in [0, 0.05) is 31.5 Å². The van der Waals surface area contributed by atoms with Crippen molar-refractivity contribution in [2.24, 2.45) is 0 Å². The molecule has 2 saturated heterocycles. The van der Waals surface area contributed by atoms with Crippen LogP contribution in [0.15, 0.2) is 18.3 Å². The summed E-state index contributed by atoms with van der Waals surface area (Å²) in [5.74, 6) is -8.08. The first-order chi connectivity index (χ1) is 20.3. The van der Waals surface area contributed by atoms with E-state index in [-0.39, 0.29) is 24.1 Å². The number of benzene rings is 1. The Morgan fingerprint density at radius 3 is 2.28 bits per heavy atom. The quantitative estimate of drug-likeness (QED) is 0.266. The molecule has 1 unspecified atom stereocenters. The Hall–Kier alpha value is -2.37. The molecule has 0 spiro atoms. The molecule has 16 heteroatoms. The molecule has 1 aromatic heterocycles. The third kappa shape index (κ3) is 6.54. The number of aliphatic hydroxyl groups is 4. The van der Waals surface area contributed by atoms with Crippen LogP contribution in [0, 0.1) is 17.5 Å². The highest BCUT2D eigenvalue weighted by molar-refractivity contribution is 8.01. The molecule has 3 heterocycles. The number of hydrogen-bond donors (Lipinski definition) is 4. The van der Waals surface area contributed by atoms with Gasteiger partial charge in [-0.05, 0) is 44.2 Å². The summed E-state index contributed by atoms with van der Waals surface area (Å²) < 4.78 is 76.0. The van der Waals surface area contributed by atoms with Crippen LogP contribution in [0.5, 0.6) is 0 Å². The van der Waals surface area contributed by atoms with Gasteiger partial charge in [-0.1, -0.05) is 5.21 Å². The normalized spacial score (nSPS) is 29.8. The van der Waals surface area contributed by atoms with Crippen molar-refractivity contribution >= 4 is 17.7 Å². The van der Waals surface area contributed by atoms with E-state index < -0.39 is 89.4 Å². The Morgan fingerprint density at radius 2 is 1.67 bits per heavy atom. The number of rotatable bonds is 7. The van der Waals surface area contributed by atoms with Crippen molar-refractivity contribution in [1.29, 1.82) is 0 Å². The number of hydrogen-bond acceptors (Lipinski definition) is 9. The summed E-state index contributed by atoms with van der Waals surface area (Å²) in [4.78, 5) is 15.3. The topological polar surface area (TPSA) is 141 Å². The Labute approximate surface area is 247 Å². The van der Waals surface area contributed by atoms with Crippen LogP contribution in [0.3, 0.4) is 0 Å². The number of amides is 1. The fourth-order valence-corrected chi connectivity index (χ4v) is 7.44. The number of aromatic nitrogens is 3. The van der Waals surface area contributed by atoms with Gasteiger partial charge in [0.15, 0.2) is 17.5 Å². The van der Waals surface area contributed by atoms with Gasteiger partial charge in [0.1, 0.15) is 40.7 Å². The number of carbonyl (C=O) groups excluding carboxylic acids is 1. The Morgan fingerprint density at radius 1 is 1.05 bits per heavy atom. The Bertz CT molecular complexity index is 1280. The fraction of sp³-hybridized carbons (Fsp3) is 0.667. The highest BCUT2D eigenvalue weighted by Crippen LogP contribution is 2.47. The third-order valence-electron chi connectivity index (χ3n) is 8.44. The van der Waals surface area contributed by atoms with E-state index in [0.717, 1.165) is 41.9 Å². The number of likely N-dealkylation sites (tertiary alicyclic amines) is 1. The SMILES string of the molecule is O=C(C(S[C@@H]1O[C@H](CO)[C@H](O)[C@H](n2cc(-c3cc(F)c(F)c(F)c3)nn2)[C@H]1O)C1(O)CCC(F)(F)CC1)N1CCCCC1. The average molecular weight is 637 g/mol. The van der Waals surface area contributed by atoms with Crippen LogP contribution < -0.4 is 0 Å². The first-order valence-corrected chi connectivity index (χ1v) is 15.0. The zero-order valence-electron chi connectivity index (χ0n) is 23.0. The third-order valence-corrected chi connectivity index (χ3v) is 10.0. The van der Waals surface area contributed by atoms with Crippen LogP contribution >= 0.6 is 11.8 Å². The maximum Gasteiger partial charge on any atom is 0.248 e. The van der Waals surface area contributed by atoms with Gasteiger partial charge >= 0.3 is 0 Å². The van der Waals surface area contributed by atoms with Crippen LogP contribution in [0.4, 0.5) is 22.0 Å². The molecule has 2 aliphatic heterocycles. The standard InChI is InChI=1S/C27H33F5N4O6S/c28-15-10-14(11-16(29)19(15)30)17-12-36(34-33-17)20-21(38)18(13-37)42-25(22(20)39)43-23(24(40)35-8-2-1-3-9-35)26(41)4-6-27(31,32)7-5-26/h10-12,18,20-23,25,37-39,41H,1-9,13H2/t18-,20+,21+,22-,23?,25+/m1/s1. The number of aliphatic hydroxyl groups excluding tert-OH is 3. The first kappa shape index (κ1) is 32.0. The molecule has 1 saturated carbocycles. The molecule has 2 aromatic rings. The van der Waals surface area contributed by atoms with Crippen LogP contribution in [0.2, 0.25) is 0 Å². The van der Waals surface area contributed by atoms with Crippen molar-refractivity contribution in [3.63, 3.8) is 0 Å². The highest BCUT2D eigenvalue weighted by atomic mass is 32.2. The second-order valence-electron chi connectivity index (χ2n) is 11.4. The number of nitrogens with zero attached hydrogens (tertiary/aromatic N) is 4. The van der Waals surface area contributed by atoms with Gasteiger partial charge in [0.25, 0.3) is 0 Å². The summed E-state index contributed by atoms with van der Waals surface area (Å²) in [6.45, 7) is 0.116. The van der Waals surface area contributed by atoms with Crippen molar-refractivity contribution in [1.82, 2.24) is 19.9 Å². The Balaban J connectivity index is 1.44. The number of thioether (sulfide) groups is 1. The summed E-state index contributed by atoms with van der Waals surface area (Å²) in [5, 5.41) is 50.3. The van der Waals surface area contributed by atoms with Gasteiger partial charge in [-0.2, -0.15) is 0 Å². The van der Waals surface area contributed by atoms with E-state index >= 15 is 0 Å². The van der Waals surface area contributed by atoms with Crippen molar-refractivity contribution < 1.29 is 51.9 Å². The molecule has 1 aliphatic carbocycles. The van der Waals surface area contributed by atoms with Gasteiger partial charge in [0.05, 0.1) is 18.4 Å². The molecule has 1 amide bonds. The van der Waals surface area contributed by atoms with Crippen LogP contribution in [0.1, 0.15) is 51.0 Å². The number of piperidine rings is 1. The van der Waals surface area contributed by atoms with Gasteiger partial charge in [-0.15, -0.1) is 16.9 Å². The Kier molecular flexibility index (Phi) is 9.35. The minimum Gasteiger partial charge on any atom is -0.394 e. The molecule has 0 radical (unpaired) electrons. The maximum atomic E-state index is 14.0. The summed E-state index contributed by atoms with van der Waals surface area (Å²) in [6.07, 6.45) is -3.00. The van der Waals surface area contributed by atoms with Gasteiger partial charge in [0.2, 0.25) is 11.8 Å². The summed E-state index contributed by atoms with van der Waals surface area (Å²) in [7, 11) is 0. The molecule has 3 fully saturated rings. The van der Waals surface area contributed by atoms with Crippen molar-refractivity contribution in [2.45, 2.75) is 91.5 Å². The van der Waals surface area contributed by atoms with Crippen molar-refractivity contribution in [3.05, 3.63) is 35.8 Å². The molecule has 5 rings (SSSR count). The predicted octanol–water partition coefficient (Wildman–Crippen LogP) is 2.40. The van der Waals surface area contributed by atoms with Crippen LogP contribution in [-0.4, -0.2) is 106 Å². The molecular formula is C27H33F5N4O6S. The second kappa shape index (κ2) is 12.6. The minimum absolute atomic E-state index is 0.121. The molecular weight excluding hydrogens is 603 g/mol. The average Bonchev–Trinajstić information content (AvgIpc) is 3.47. The molecule has 43 heavy (non-hydrogen) atoms. The summed E-state index contributed by atoms with van der Waals surface area (Å²) >= 11 is 0.726. The second-order valence-corrected chi connectivity index (χ2v) is 12.6. The predicted molar refractivity (Wildman–Crippen MR) is 142 cm³/mol. The lowest BCUT2D eigenvalue weighted by atomic mass is 9.80. The largest absolute Gasteiger partial charge is 0.394 e. The first-order valence-electron chi connectivity index (χ1n) is 14.1. The van der Waals surface area contributed by atoms with Gasteiger partial charge in [-0.25, -0.2) is 26.6 Å². The molecule has 238 valence electrons. The maximum absolute atomic E-state index is 14.0. The molecule has 4 N–H and O–H groups in total. The lowest BCUT2D eigenvalue weighted by molar-refractivity contribution is -0.179. The van der Waals surface area contributed by atoms with Gasteiger partial charge in [-0.3, -0.25) is 4.79 Å². The minimum atomic E-state index is -2.99. The van der Waals surface area contributed by atoms with E-state index in [1.807, 2.05) is 0 Å².